The predicted molar refractivity (Wildman–Crippen MR) is 72.7 cm³/mol. The largest absolute Gasteiger partial charge is 0.481 e. The first-order valence-corrected chi connectivity index (χ1v) is 6.69. The molecule has 3 atom stereocenters. The summed E-state index contributed by atoms with van der Waals surface area (Å²) in [7, 11) is 0. The third-order valence-corrected chi connectivity index (χ3v) is 4.62. The number of rotatable bonds is 3. The minimum Gasteiger partial charge on any atom is -0.481 e. The number of nitrogens with zero attached hydrogens (tertiary/aromatic N) is 2. The van der Waals surface area contributed by atoms with E-state index in [-0.39, 0.29) is 23.3 Å². The number of carbonyl (C=O) groups is 1. The standard InChI is InChI=1S/C14H21N3O2/c1-9-11(17-13-15-7-4-8-16-13)6-5-10(12(18)19)14(9,2)3/h4,7-11H,5-6H2,1-3H3,(H,18,19)(H,15,16,17). The van der Waals surface area contributed by atoms with Crippen molar-refractivity contribution < 1.29 is 9.90 Å². The second kappa shape index (κ2) is 5.15. The van der Waals surface area contributed by atoms with Gasteiger partial charge in [0, 0.05) is 18.4 Å². The van der Waals surface area contributed by atoms with Crippen LogP contribution in [-0.4, -0.2) is 27.1 Å². The fraction of sp³-hybridized carbons (Fsp3) is 0.643. The average Bonchev–Trinajstić information content (AvgIpc) is 2.36. The molecule has 0 radical (unpaired) electrons. The zero-order chi connectivity index (χ0) is 14.0. The molecule has 19 heavy (non-hydrogen) atoms. The zero-order valence-electron chi connectivity index (χ0n) is 11.6. The van der Waals surface area contributed by atoms with Crippen molar-refractivity contribution in [1.82, 2.24) is 9.97 Å². The summed E-state index contributed by atoms with van der Waals surface area (Å²) in [5.74, 6) is -0.112. The Balaban J connectivity index is 2.12. The van der Waals surface area contributed by atoms with Gasteiger partial charge in [-0.1, -0.05) is 20.8 Å². The lowest BCUT2D eigenvalue weighted by molar-refractivity contribution is -0.149. The Hall–Kier alpha value is -1.65. The second-order valence-corrected chi connectivity index (χ2v) is 5.90. The summed E-state index contributed by atoms with van der Waals surface area (Å²) in [6.07, 6.45) is 4.93. The van der Waals surface area contributed by atoms with Crippen molar-refractivity contribution >= 4 is 11.9 Å². The second-order valence-electron chi connectivity index (χ2n) is 5.90. The molecule has 0 amide bonds. The zero-order valence-corrected chi connectivity index (χ0v) is 11.6. The van der Waals surface area contributed by atoms with Crippen LogP contribution >= 0.6 is 0 Å². The van der Waals surface area contributed by atoms with E-state index in [9.17, 15) is 9.90 Å². The number of nitrogens with one attached hydrogen (secondary N) is 1. The van der Waals surface area contributed by atoms with Crippen LogP contribution in [0.15, 0.2) is 18.5 Å². The molecule has 1 heterocycles. The first kappa shape index (κ1) is 13.8. The molecule has 0 spiro atoms. The van der Waals surface area contributed by atoms with Gasteiger partial charge >= 0.3 is 5.97 Å². The highest BCUT2D eigenvalue weighted by Gasteiger charge is 2.46. The molecule has 1 fully saturated rings. The van der Waals surface area contributed by atoms with Crippen molar-refractivity contribution in [2.24, 2.45) is 17.3 Å². The van der Waals surface area contributed by atoms with Crippen LogP contribution in [0.4, 0.5) is 5.95 Å². The summed E-state index contributed by atoms with van der Waals surface area (Å²) in [6, 6.07) is 1.99. The molecule has 2 rings (SSSR count). The van der Waals surface area contributed by atoms with E-state index in [1.807, 2.05) is 13.8 Å². The maximum Gasteiger partial charge on any atom is 0.307 e. The van der Waals surface area contributed by atoms with Gasteiger partial charge in [0.2, 0.25) is 5.95 Å². The Labute approximate surface area is 113 Å². The third-order valence-electron chi connectivity index (χ3n) is 4.62. The normalized spacial score (nSPS) is 29.7. The van der Waals surface area contributed by atoms with Gasteiger partial charge in [-0.3, -0.25) is 4.79 Å². The maximum absolute atomic E-state index is 11.3. The molecule has 1 aromatic heterocycles. The first-order chi connectivity index (χ1) is 8.93. The van der Waals surface area contributed by atoms with Crippen LogP contribution in [0.5, 0.6) is 0 Å². The maximum atomic E-state index is 11.3. The van der Waals surface area contributed by atoms with Crippen LogP contribution in [0.25, 0.3) is 0 Å². The molecule has 2 N–H and O–H groups in total. The molecule has 1 aliphatic rings. The van der Waals surface area contributed by atoms with Gasteiger partial charge in [0.1, 0.15) is 0 Å². The number of hydrogen-bond donors (Lipinski definition) is 2. The molecule has 1 saturated carbocycles. The Morgan fingerprint density at radius 1 is 1.37 bits per heavy atom. The average molecular weight is 263 g/mol. The Kier molecular flexibility index (Phi) is 3.73. The topological polar surface area (TPSA) is 75.1 Å². The Bertz CT molecular complexity index is 447. The minimum absolute atomic E-state index is 0.216. The smallest absolute Gasteiger partial charge is 0.307 e. The number of aliphatic carboxylic acids is 1. The van der Waals surface area contributed by atoms with Crippen LogP contribution in [-0.2, 0) is 4.79 Å². The van der Waals surface area contributed by atoms with E-state index in [0.717, 1.165) is 6.42 Å². The van der Waals surface area contributed by atoms with Gasteiger partial charge in [0.15, 0.2) is 0 Å². The summed E-state index contributed by atoms with van der Waals surface area (Å²) >= 11 is 0. The van der Waals surface area contributed by atoms with Crippen LogP contribution in [0, 0.1) is 17.3 Å². The summed E-state index contributed by atoms with van der Waals surface area (Å²) in [5, 5.41) is 12.7. The van der Waals surface area contributed by atoms with Crippen molar-refractivity contribution in [1.29, 1.82) is 0 Å². The Morgan fingerprint density at radius 2 is 2.00 bits per heavy atom. The quantitative estimate of drug-likeness (QED) is 0.876. The van der Waals surface area contributed by atoms with Crippen molar-refractivity contribution in [2.75, 3.05) is 5.32 Å². The van der Waals surface area contributed by atoms with E-state index in [1.54, 1.807) is 18.5 Å². The van der Waals surface area contributed by atoms with Crippen molar-refractivity contribution in [3.8, 4) is 0 Å². The van der Waals surface area contributed by atoms with E-state index in [0.29, 0.717) is 12.4 Å². The SMILES string of the molecule is CC1C(Nc2ncccn2)CCC(C(=O)O)C1(C)C. The molecular formula is C14H21N3O2. The van der Waals surface area contributed by atoms with Crippen molar-refractivity contribution in [2.45, 2.75) is 39.7 Å². The minimum atomic E-state index is -0.689. The van der Waals surface area contributed by atoms with E-state index >= 15 is 0 Å². The van der Waals surface area contributed by atoms with Gasteiger partial charge in [-0.25, -0.2) is 9.97 Å². The number of carboxylic acids is 1. The highest BCUT2D eigenvalue weighted by Crippen LogP contribution is 2.45. The van der Waals surface area contributed by atoms with Crippen LogP contribution in [0.3, 0.4) is 0 Å². The lowest BCUT2D eigenvalue weighted by atomic mass is 9.61. The fourth-order valence-corrected chi connectivity index (χ4v) is 2.98. The van der Waals surface area contributed by atoms with E-state index in [1.165, 1.54) is 0 Å². The number of carboxylic acid groups (broad SMARTS) is 1. The number of aromatic nitrogens is 2. The summed E-state index contributed by atoms with van der Waals surface area (Å²) < 4.78 is 0. The molecule has 0 aliphatic heterocycles. The molecule has 5 nitrogen and oxygen atoms in total. The fourth-order valence-electron chi connectivity index (χ4n) is 2.98. The third kappa shape index (κ3) is 2.69. The van der Waals surface area contributed by atoms with E-state index < -0.39 is 5.97 Å². The van der Waals surface area contributed by atoms with E-state index in [2.05, 4.69) is 22.2 Å². The molecule has 0 aromatic carbocycles. The van der Waals surface area contributed by atoms with Crippen molar-refractivity contribution in [3.05, 3.63) is 18.5 Å². The first-order valence-electron chi connectivity index (χ1n) is 6.69. The van der Waals surface area contributed by atoms with Crippen LogP contribution in [0.2, 0.25) is 0 Å². The highest BCUT2D eigenvalue weighted by atomic mass is 16.4. The summed E-state index contributed by atoms with van der Waals surface area (Å²) in [5.41, 5.74) is -0.240. The lowest BCUT2D eigenvalue weighted by Gasteiger charge is -2.46. The van der Waals surface area contributed by atoms with Gasteiger partial charge in [-0.15, -0.1) is 0 Å². The van der Waals surface area contributed by atoms with Gasteiger partial charge in [0.25, 0.3) is 0 Å². The van der Waals surface area contributed by atoms with Gasteiger partial charge in [-0.2, -0.15) is 0 Å². The lowest BCUT2D eigenvalue weighted by Crippen LogP contribution is -2.48. The molecule has 3 unspecified atom stereocenters. The van der Waals surface area contributed by atoms with Crippen LogP contribution < -0.4 is 5.32 Å². The van der Waals surface area contributed by atoms with Gasteiger partial charge in [-0.05, 0) is 30.2 Å². The molecule has 1 aromatic rings. The van der Waals surface area contributed by atoms with E-state index in [4.69, 9.17) is 0 Å². The van der Waals surface area contributed by atoms with Gasteiger partial charge < -0.3 is 10.4 Å². The summed E-state index contributed by atoms with van der Waals surface area (Å²) in [6.45, 7) is 6.18. The molecular weight excluding hydrogens is 242 g/mol. The Morgan fingerprint density at radius 3 is 2.58 bits per heavy atom. The number of hydrogen-bond acceptors (Lipinski definition) is 4. The highest BCUT2D eigenvalue weighted by molar-refractivity contribution is 5.71. The predicted octanol–water partition coefficient (Wildman–Crippen LogP) is 2.41. The molecule has 0 saturated heterocycles. The molecule has 5 heteroatoms. The summed E-state index contributed by atoms with van der Waals surface area (Å²) in [4.78, 5) is 19.7. The van der Waals surface area contributed by atoms with Crippen molar-refractivity contribution in [3.63, 3.8) is 0 Å². The molecule has 104 valence electrons. The molecule has 1 aliphatic carbocycles. The van der Waals surface area contributed by atoms with Gasteiger partial charge in [0.05, 0.1) is 5.92 Å². The monoisotopic (exact) mass is 263 g/mol. The number of anilines is 1. The molecule has 0 bridgehead atoms. The van der Waals surface area contributed by atoms with Crippen LogP contribution in [0.1, 0.15) is 33.6 Å².